The van der Waals surface area contributed by atoms with Crippen LogP contribution >= 0.6 is 0 Å². The molecule has 0 aromatic heterocycles. The van der Waals surface area contributed by atoms with Crippen molar-refractivity contribution in [3.05, 3.63) is 35.4 Å². The second-order valence-electron chi connectivity index (χ2n) is 5.22. The number of likely N-dealkylation sites (N-methyl/N-ethyl adjacent to an activating group) is 1. The first kappa shape index (κ1) is 14.9. The maximum atomic E-state index is 13.8. The smallest absolute Gasteiger partial charge is 0.225 e. The molecule has 1 atom stereocenters. The molecule has 20 heavy (non-hydrogen) atoms. The molecule has 0 saturated carbocycles. The van der Waals surface area contributed by atoms with Crippen LogP contribution in [-0.4, -0.2) is 44.5 Å². The largest absolute Gasteiger partial charge is 0.354 e. The molecule has 0 spiro atoms. The third-order valence-corrected chi connectivity index (χ3v) is 3.58. The predicted molar refractivity (Wildman–Crippen MR) is 72.2 cm³/mol. The number of rotatable bonds is 5. The van der Waals surface area contributed by atoms with E-state index in [2.05, 4.69) is 10.6 Å². The minimum Gasteiger partial charge on any atom is -0.354 e. The highest BCUT2D eigenvalue weighted by atomic mass is 19.1. The number of halogens is 2. The van der Waals surface area contributed by atoms with Gasteiger partial charge >= 0.3 is 0 Å². The first-order chi connectivity index (χ1) is 9.50. The van der Waals surface area contributed by atoms with Crippen LogP contribution in [0.2, 0.25) is 0 Å². The lowest BCUT2D eigenvalue weighted by atomic mass is 10.0. The van der Waals surface area contributed by atoms with E-state index in [0.29, 0.717) is 13.1 Å². The summed E-state index contributed by atoms with van der Waals surface area (Å²) in [7, 11) is 3.46. The number of carbonyl (C=O) groups is 1. The Balaban J connectivity index is 2.08. The maximum absolute atomic E-state index is 13.8. The van der Waals surface area contributed by atoms with Gasteiger partial charge in [0.05, 0.1) is 12.0 Å². The van der Waals surface area contributed by atoms with Crippen molar-refractivity contribution in [2.45, 2.75) is 6.04 Å². The zero-order valence-corrected chi connectivity index (χ0v) is 11.6. The second-order valence-corrected chi connectivity index (χ2v) is 5.22. The lowest BCUT2D eigenvalue weighted by Gasteiger charge is -2.29. The topological polar surface area (TPSA) is 44.4 Å². The van der Waals surface area contributed by atoms with Crippen LogP contribution in [0.25, 0.3) is 0 Å². The van der Waals surface area contributed by atoms with Crippen LogP contribution in [0.3, 0.4) is 0 Å². The molecule has 110 valence electrons. The van der Waals surface area contributed by atoms with Crippen LogP contribution in [0, 0.1) is 17.6 Å². The van der Waals surface area contributed by atoms with Gasteiger partial charge in [0.15, 0.2) is 0 Å². The van der Waals surface area contributed by atoms with Gasteiger partial charge in [0.2, 0.25) is 5.91 Å². The fourth-order valence-corrected chi connectivity index (χ4v) is 2.19. The molecular formula is C14H19F2N3O. The van der Waals surface area contributed by atoms with Crippen molar-refractivity contribution in [1.82, 2.24) is 15.5 Å². The van der Waals surface area contributed by atoms with Crippen molar-refractivity contribution in [2.75, 3.05) is 33.7 Å². The van der Waals surface area contributed by atoms with Gasteiger partial charge in [0.1, 0.15) is 11.6 Å². The van der Waals surface area contributed by atoms with Gasteiger partial charge in [0.25, 0.3) is 0 Å². The predicted octanol–water partition coefficient (Wildman–Crippen LogP) is 0.903. The van der Waals surface area contributed by atoms with E-state index in [1.54, 1.807) is 19.0 Å². The number of carbonyl (C=O) groups excluding carboxylic acids is 1. The van der Waals surface area contributed by atoms with Gasteiger partial charge in [-0.05, 0) is 26.2 Å². The molecule has 1 heterocycles. The van der Waals surface area contributed by atoms with E-state index < -0.39 is 17.7 Å². The Morgan fingerprint density at radius 3 is 2.45 bits per heavy atom. The number of amides is 1. The fraction of sp³-hybridized carbons (Fsp3) is 0.500. The Kier molecular flexibility index (Phi) is 4.67. The highest BCUT2D eigenvalue weighted by molar-refractivity contribution is 5.80. The zero-order valence-electron chi connectivity index (χ0n) is 11.6. The van der Waals surface area contributed by atoms with Crippen LogP contribution in [-0.2, 0) is 4.79 Å². The van der Waals surface area contributed by atoms with Gasteiger partial charge in [0, 0.05) is 25.2 Å². The van der Waals surface area contributed by atoms with Gasteiger partial charge in [-0.15, -0.1) is 0 Å². The molecule has 6 heteroatoms. The van der Waals surface area contributed by atoms with Gasteiger partial charge in [-0.3, -0.25) is 4.79 Å². The van der Waals surface area contributed by atoms with Gasteiger partial charge in [-0.1, -0.05) is 6.07 Å². The third-order valence-electron chi connectivity index (χ3n) is 3.58. The monoisotopic (exact) mass is 283 g/mol. The SMILES string of the molecule is CN(C)C(CNC(=O)C1CNC1)c1c(F)cccc1F. The Morgan fingerprint density at radius 1 is 1.40 bits per heavy atom. The summed E-state index contributed by atoms with van der Waals surface area (Å²) in [6, 6.07) is 3.26. The van der Waals surface area contributed by atoms with Crippen molar-refractivity contribution in [1.29, 1.82) is 0 Å². The number of hydrogen-bond acceptors (Lipinski definition) is 3. The van der Waals surface area contributed by atoms with E-state index in [-0.39, 0.29) is 23.9 Å². The molecule has 4 nitrogen and oxygen atoms in total. The first-order valence-electron chi connectivity index (χ1n) is 6.59. The van der Waals surface area contributed by atoms with Gasteiger partial charge < -0.3 is 15.5 Å². The molecule has 2 rings (SSSR count). The second kappa shape index (κ2) is 6.28. The van der Waals surface area contributed by atoms with Gasteiger partial charge in [-0.25, -0.2) is 8.78 Å². The van der Waals surface area contributed by atoms with Gasteiger partial charge in [-0.2, -0.15) is 0 Å². The average Bonchev–Trinajstić information content (AvgIpc) is 2.30. The van der Waals surface area contributed by atoms with E-state index in [9.17, 15) is 13.6 Å². The summed E-state index contributed by atoms with van der Waals surface area (Å²) < 4.78 is 27.7. The van der Waals surface area contributed by atoms with Crippen LogP contribution in [0.15, 0.2) is 18.2 Å². The third kappa shape index (κ3) is 3.13. The molecule has 1 unspecified atom stereocenters. The van der Waals surface area contributed by atoms with E-state index in [1.165, 1.54) is 18.2 Å². The Hall–Kier alpha value is -1.53. The first-order valence-corrected chi connectivity index (χ1v) is 6.59. The molecule has 0 bridgehead atoms. The van der Waals surface area contributed by atoms with Crippen LogP contribution in [0.1, 0.15) is 11.6 Å². The quantitative estimate of drug-likeness (QED) is 0.844. The Labute approximate surface area is 117 Å². The summed E-state index contributed by atoms with van der Waals surface area (Å²) in [6.07, 6.45) is 0. The number of nitrogens with zero attached hydrogens (tertiary/aromatic N) is 1. The molecular weight excluding hydrogens is 264 g/mol. The molecule has 1 aromatic carbocycles. The fourth-order valence-electron chi connectivity index (χ4n) is 2.19. The molecule has 0 radical (unpaired) electrons. The van der Waals surface area contributed by atoms with Crippen molar-refractivity contribution in [3.8, 4) is 0 Å². The van der Waals surface area contributed by atoms with Crippen molar-refractivity contribution in [2.24, 2.45) is 5.92 Å². The van der Waals surface area contributed by atoms with Crippen molar-refractivity contribution >= 4 is 5.91 Å². The van der Waals surface area contributed by atoms with E-state index >= 15 is 0 Å². The summed E-state index contributed by atoms with van der Waals surface area (Å²) in [5, 5.41) is 5.78. The molecule has 1 fully saturated rings. The summed E-state index contributed by atoms with van der Waals surface area (Å²) in [5.74, 6) is -1.30. The minimum absolute atomic E-state index is 0.00969. The van der Waals surface area contributed by atoms with Crippen LogP contribution < -0.4 is 10.6 Å². The summed E-state index contributed by atoms with van der Waals surface area (Å²) in [5.41, 5.74) is -0.00969. The van der Waals surface area contributed by atoms with Crippen molar-refractivity contribution < 1.29 is 13.6 Å². The van der Waals surface area contributed by atoms with Crippen LogP contribution in [0.4, 0.5) is 8.78 Å². The van der Waals surface area contributed by atoms with E-state index in [4.69, 9.17) is 0 Å². The summed E-state index contributed by atoms with van der Waals surface area (Å²) in [4.78, 5) is 13.5. The average molecular weight is 283 g/mol. The number of hydrogen-bond donors (Lipinski definition) is 2. The lowest BCUT2D eigenvalue weighted by Crippen LogP contribution is -2.51. The van der Waals surface area contributed by atoms with Crippen molar-refractivity contribution in [3.63, 3.8) is 0 Å². The highest BCUT2D eigenvalue weighted by Crippen LogP contribution is 2.24. The standard InChI is InChI=1S/C14H19F2N3O/c1-19(2)12(8-18-14(20)9-6-17-7-9)13-10(15)4-3-5-11(13)16/h3-5,9,12,17H,6-8H2,1-2H3,(H,18,20). The molecule has 1 aliphatic heterocycles. The summed E-state index contributed by atoms with van der Waals surface area (Å²) >= 11 is 0. The lowest BCUT2D eigenvalue weighted by molar-refractivity contribution is -0.126. The highest BCUT2D eigenvalue weighted by Gasteiger charge is 2.27. The summed E-state index contributed by atoms with van der Waals surface area (Å²) in [6.45, 7) is 1.50. The maximum Gasteiger partial charge on any atom is 0.225 e. The molecule has 1 aliphatic rings. The van der Waals surface area contributed by atoms with Crippen LogP contribution in [0.5, 0.6) is 0 Å². The molecule has 1 aromatic rings. The molecule has 1 amide bonds. The molecule has 0 aliphatic carbocycles. The molecule has 2 N–H and O–H groups in total. The Morgan fingerprint density at radius 2 is 2.00 bits per heavy atom. The molecule has 1 saturated heterocycles. The van der Waals surface area contributed by atoms with E-state index in [0.717, 1.165) is 0 Å². The normalized spacial score (nSPS) is 16.9. The number of benzene rings is 1. The zero-order chi connectivity index (χ0) is 14.7. The number of nitrogens with one attached hydrogen (secondary N) is 2. The Bertz CT molecular complexity index is 469. The minimum atomic E-state index is -0.594. The van der Waals surface area contributed by atoms with E-state index in [1.807, 2.05) is 0 Å².